The highest BCUT2D eigenvalue weighted by Gasteiger charge is 2.25. The zero-order valence-electron chi connectivity index (χ0n) is 14.3. The molecular formula is C16H23N7O2. The summed E-state index contributed by atoms with van der Waals surface area (Å²) < 4.78 is 6.95. The van der Waals surface area contributed by atoms with Crippen LogP contribution in [0.4, 0.5) is 4.79 Å². The number of amides is 2. The van der Waals surface area contributed by atoms with Crippen LogP contribution in [-0.4, -0.2) is 50.2 Å². The van der Waals surface area contributed by atoms with Crippen molar-refractivity contribution in [2.45, 2.75) is 57.3 Å². The number of aryl methyl sites for hydroxylation is 2. The Kier molecular flexibility index (Phi) is 4.39. The number of fused-ring (bicyclic) bond motifs is 2. The summed E-state index contributed by atoms with van der Waals surface area (Å²) in [6.07, 6.45) is 6.25. The quantitative estimate of drug-likeness (QED) is 0.739. The minimum Gasteiger partial charge on any atom is -0.377 e. The number of methoxy groups -OCH3 is 1. The summed E-state index contributed by atoms with van der Waals surface area (Å²) in [5, 5.41) is 17.7. The molecule has 0 bridgehead atoms. The predicted molar refractivity (Wildman–Crippen MR) is 88.9 cm³/mol. The van der Waals surface area contributed by atoms with Crippen LogP contribution in [0, 0.1) is 0 Å². The zero-order valence-corrected chi connectivity index (χ0v) is 14.3. The van der Waals surface area contributed by atoms with E-state index in [0.717, 1.165) is 43.6 Å². The summed E-state index contributed by atoms with van der Waals surface area (Å²) in [5.41, 5.74) is 2.39. The molecule has 0 radical (unpaired) electrons. The summed E-state index contributed by atoms with van der Waals surface area (Å²) in [4.78, 5) is 16.8. The van der Waals surface area contributed by atoms with Gasteiger partial charge in [0.05, 0.1) is 18.8 Å². The number of carbonyl (C=O) groups is 1. The second-order valence-electron chi connectivity index (χ2n) is 6.73. The Hall–Kier alpha value is -2.42. The second kappa shape index (κ2) is 6.83. The molecule has 9 nitrogen and oxygen atoms in total. The molecule has 2 aliphatic rings. The maximum absolute atomic E-state index is 12.3. The monoisotopic (exact) mass is 345 g/mol. The third-order valence-corrected chi connectivity index (χ3v) is 4.87. The standard InChI is InChI=1S/C16H23N7O2/c1-25-9-14-20-15-5-4-12(8-23(15)22-14)19-16(24)18-11-3-2-10-7-17-21-13(10)6-11/h7,11-12H,2-6,8-9H2,1H3,(H,17,21)(H2,18,19,24). The van der Waals surface area contributed by atoms with Crippen LogP contribution in [-0.2, 0) is 37.2 Å². The molecule has 25 heavy (non-hydrogen) atoms. The van der Waals surface area contributed by atoms with Gasteiger partial charge in [-0.1, -0.05) is 0 Å². The van der Waals surface area contributed by atoms with Gasteiger partial charge in [-0.3, -0.25) is 5.10 Å². The van der Waals surface area contributed by atoms with Gasteiger partial charge in [-0.2, -0.15) is 10.2 Å². The lowest BCUT2D eigenvalue weighted by Gasteiger charge is -2.27. The van der Waals surface area contributed by atoms with Gasteiger partial charge in [0.2, 0.25) is 0 Å². The number of H-pyrrole nitrogens is 1. The number of rotatable bonds is 4. The third kappa shape index (κ3) is 3.51. The van der Waals surface area contributed by atoms with Crippen molar-refractivity contribution in [3.63, 3.8) is 0 Å². The molecule has 3 N–H and O–H groups in total. The van der Waals surface area contributed by atoms with Gasteiger partial charge in [-0.05, 0) is 24.8 Å². The molecule has 1 aliphatic heterocycles. The number of aromatic amines is 1. The lowest BCUT2D eigenvalue weighted by Crippen LogP contribution is -2.50. The smallest absolute Gasteiger partial charge is 0.315 e. The van der Waals surface area contributed by atoms with E-state index in [9.17, 15) is 4.79 Å². The molecule has 0 spiro atoms. The van der Waals surface area contributed by atoms with Crippen molar-refractivity contribution in [2.75, 3.05) is 7.11 Å². The van der Waals surface area contributed by atoms with Gasteiger partial charge in [-0.15, -0.1) is 0 Å². The first-order valence-electron chi connectivity index (χ1n) is 8.71. The zero-order chi connectivity index (χ0) is 17.2. The fourth-order valence-corrected chi connectivity index (χ4v) is 3.61. The first-order chi connectivity index (χ1) is 12.2. The Morgan fingerprint density at radius 2 is 2.20 bits per heavy atom. The molecule has 3 heterocycles. The first-order valence-corrected chi connectivity index (χ1v) is 8.71. The van der Waals surface area contributed by atoms with Crippen LogP contribution in [0.5, 0.6) is 0 Å². The minimum absolute atomic E-state index is 0.0656. The maximum atomic E-state index is 12.3. The highest BCUT2D eigenvalue weighted by atomic mass is 16.5. The van der Waals surface area contributed by atoms with Crippen LogP contribution in [0.1, 0.15) is 35.7 Å². The van der Waals surface area contributed by atoms with E-state index in [4.69, 9.17) is 4.74 Å². The molecule has 2 aromatic rings. The van der Waals surface area contributed by atoms with E-state index in [0.29, 0.717) is 19.0 Å². The maximum Gasteiger partial charge on any atom is 0.315 e. The van der Waals surface area contributed by atoms with Gasteiger partial charge in [0, 0.05) is 31.7 Å². The Morgan fingerprint density at radius 3 is 3.08 bits per heavy atom. The number of nitrogens with one attached hydrogen (secondary N) is 3. The predicted octanol–water partition coefficient (Wildman–Crippen LogP) is 0.319. The molecule has 2 aromatic heterocycles. The van der Waals surface area contributed by atoms with E-state index in [1.807, 2.05) is 10.9 Å². The number of hydrogen-bond donors (Lipinski definition) is 3. The van der Waals surface area contributed by atoms with Crippen molar-refractivity contribution in [2.24, 2.45) is 0 Å². The summed E-state index contributed by atoms with van der Waals surface area (Å²) in [5.74, 6) is 1.66. The molecule has 2 unspecified atom stereocenters. The molecule has 4 rings (SSSR count). The number of nitrogens with zero attached hydrogens (tertiary/aromatic N) is 4. The lowest BCUT2D eigenvalue weighted by molar-refractivity contribution is 0.177. The van der Waals surface area contributed by atoms with Crippen LogP contribution in [0.3, 0.4) is 0 Å². The molecule has 0 fully saturated rings. The molecule has 9 heteroatoms. The number of hydrogen-bond acceptors (Lipinski definition) is 5. The van der Waals surface area contributed by atoms with Crippen molar-refractivity contribution in [1.29, 1.82) is 0 Å². The lowest BCUT2D eigenvalue weighted by atomic mass is 9.94. The van der Waals surface area contributed by atoms with E-state index in [1.165, 1.54) is 5.56 Å². The Bertz CT molecular complexity index is 754. The first kappa shape index (κ1) is 16.1. The molecule has 2 atom stereocenters. The van der Waals surface area contributed by atoms with Gasteiger partial charge < -0.3 is 15.4 Å². The topological polar surface area (TPSA) is 110 Å². The summed E-state index contributed by atoms with van der Waals surface area (Å²) >= 11 is 0. The van der Waals surface area contributed by atoms with Gasteiger partial charge in [0.15, 0.2) is 5.82 Å². The number of carbonyl (C=O) groups excluding carboxylic acids is 1. The molecule has 0 aromatic carbocycles. The van der Waals surface area contributed by atoms with E-state index in [-0.39, 0.29) is 18.1 Å². The van der Waals surface area contributed by atoms with Gasteiger partial charge in [0.1, 0.15) is 12.4 Å². The SMILES string of the molecule is COCc1nc2n(n1)CC(NC(=O)NC1CCc3cn[nH]c3C1)CC2. The average Bonchev–Trinajstić information content (AvgIpc) is 3.20. The van der Waals surface area contributed by atoms with E-state index in [2.05, 4.69) is 30.9 Å². The highest BCUT2D eigenvalue weighted by Crippen LogP contribution is 2.19. The van der Waals surface area contributed by atoms with Gasteiger partial charge in [-0.25, -0.2) is 14.5 Å². The van der Waals surface area contributed by atoms with Crippen LogP contribution in [0.2, 0.25) is 0 Å². The molecule has 0 saturated carbocycles. The number of ether oxygens (including phenoxy) is 1. The number of urea groups is 1. The fraction of sp³-hybridized carbons (Fsp3) is 0.625. The van der Waals surface area contributed by atoms with Crippen LogP contribution in [0.25, 0.3) is 0 Å². The number of aromatic nitrogens is 5. The minimum atomic E-state index is -0.112. The van der Waals surface area contributed by atoms with E-state index >= 15 is 0 Å². The molecule has 0 saturated heterocycles. The Balaban J connectivity index is 1.30. The molecule has 2 amide bonds. The summed E-state index contributed by atoms with van der Waals surface area (Å²) in [6.45, 7) is 1.06. The summed E-state index contributed by atoms with van der Waals surface area (Å²) in [7, 11) is 1.63. The van der Waals surface area contributed by atoms with Crippen molar-refractivity contribution in [3.8, 4) is 0 Å². The van der Waals surface area contributed by atoms with Crippen molar-refractivity contribution < 1.29 is 9.53 Å². The van der Waals surface area contributed by atoms with Crippen LogP contribution >= 0.6 is 0 Å². The third-order valence-electron chi connectivity index (χ3n) is 4.87. The van der Waals surface area contributed by atoms with Gasteiger partial charge >= 0.3 is 6.03 Å². The van der Waals surface area contributed by atoms with E-state index < -0.39 is 0 Å². The Morgan fingerprint density at radius 1 is 1.36 bits per heavy atom. The van der Waals surface area contributed by atoms with Crippen molar-refractivity contribution in [1.82, 2.24) is 35.6 Å². The van der Waals surface area contributed by atoms with Crippen molar-refractivity contribution in [3.05, 3.63) is 29.1 Å². The van der Waals surface area contributed by atoms with Crippen LogP contribution in [0.15, 0.2) is 6.20 Å². The largest absolute Gasteiger partial charge is 0.377 e. The van der Waals surface area contributed by atoms with Gasteiger partial charge in [0.25, 0.3) is 0 Å². The van der Waals surface area contributed by atoms with Crippen LogP contribution < -0.4 is 10.6 Å². The average molecular weight is 345 g/mol. The van der Waals surface area contributed by atoms with Crippen molar-refractivity contribution >= 4 is 6.03 Å². The molecular weight excluding hydrogens is 322 g/mol. The highest BCUT2D eigenvalue weighted by molar-refractivity contribution is 5.74. The molecule has 134 valence electrons. The normalized spacial score (nSPS) is 22.1. The summed E-state index contributed by atoms with van der Waals surface area (Å²) in [6, 6.07) is 0.0984. The second-order valence-corrected chi connectivity index (χ2v) is 6.73. The van der Waals surface area contributed by atoms with E-state index in [1.54, 1.807) is 7.11 Å². The fourth-order valence-electron chi connectivity index (χ4n) is 3.61. The molecule has 1 aliphatic carbocycles. The Labute approximate surface area is 145 Å².